The standard InChI is InChI=1S/C53H95NO5/c1-3-5-7-9-11-13-15-17-18-19-23-27-31-35-39-43-47-53(58)59-48-44-40-36-32-28-24-20-22-26-30-34-38-42-46-52(57)54-50(49-55)51(56)45-41-37-33-29-25-21-16-14-12-10-8-6-4-2/h13,15,18-19,22,26,34,38,41,45,50-51,55-56H,3-12,14,16-17,20-21,23-25,27-33,35-37,39-40,42-44,46-49H2,1-2H3,(H,54,57)/b15-13-,19-18-,26-22-,38-34-,45-41+. The molecule has 0 aliphatic carbocycles. The average Bonchev–Trinajstić information content (AvgIpc) is 3.24. The van der Waals surface area contributed by atoms with Crippen LogP contribution < -0.4 is 5.32 Å². The van der Waals surface area contributed by atoms with Crippen LogP contribution in [0.5, 0.6) is 0 Å². The third kappa shape index (κ3) is 44.9. The summed E-state index contributed by atoms with van der Waals surface area (Å²) in [4.78, 5) is 24.4. The van der Waals surface area contributed by atoms with Crippen LogP contribution in [0.25, 0.3) is 0 Å². The first kappa shape index (κ1) is 56.6. The Hall–Kier alpha value is -2.44. The molecule has 1 amide bonds. The van der Waals surface area contributed by atoms with Crippen LogP contribution >= 0.6 is 0 Å². The maximum Gasteiger partial charge on any atom is 0.305 e. The number of esters is 1. The lowest BCUT2D eigenvalue weighted by Crippen LogP contribution is -2.45. The molecule has 0 aromatic heterocycles. The summed E-state index contributed by atoms with van der Waals surface area (Å²) in [7, 11) is 0. The van der Waals surface area contributed by atoms with E-state index in [0.717, 1.165) is 64.2 Å². The van der Waals surface area contributed by atoms with Crippen molar-refractivity contribution in [2.24, 2.45) is 0 Å². The lowest BCUT2D eigenvalue weighted by molar-refractivity contribution is -0.143. The van der Waals surface area contributed by atoms with Crippen molar-refractivity contribution in [1.29, 1.82) is 0 Å². The number of ether oxygens (including phenoxy) is 1. The first-order chi connectivity index (χ1) is 29.0. The number of carbonyl (C=O) groups excluding carboxylic acids is 2. The monoisotopic (exact) mass is 826 g/mol. The predicted molar refractivity (Wildman–Crippen MR) is 255 cm³/mol. The summed E-state index contributed by atoms with van der Waals surface area (Å²) in [5, 5.41) is 22.9. The second kappa shape index (κ2) is 48.2. The van der Waals surface area contributed by atoms with E-state index in [9.17, 15) is 19.8 Å². The number of unbranched alkanes of at least 4 members (excludes halogenated alkanes) is 26. The van der Waals surface area contributed by atoms with E-state index in [1.807, 2.05) is 12.2 Å². The smallest absolute Gasteiger partial charge is 0.305 e. The van der Waals surface area contributed by atoms with Gasteiger partial charge in [0, 0.05) is 12.8 Å². The van der Waals surface area contributed by atoms with Gasteiger partial charge < -0.3 is 20.3 Å². The molecule has 0 radical (unpaired) electrons. The summed E-state index contributed by atoms with van der Waals surface area (Å²) < 4.78 is 5.44. The summed E-state index contributed by atoms with van der Waals surface area (Å²) in [6.45, 7) is 4.79. The lowest BCUT2D eigenvalue weighted by Gasteiger charge is -2.19. The molecule has 3 N–H and O–H groups in total. The second-order valence-corrected chi connectivity index (χ2v) is 16.8. The zero-order valence-electron chi connectivity index (χ0n) is 38.7. The number of aliphatic hydroxyl groups excluding tert-OH is 2. The molecule has 0 saturated heterocycles. The molecule has 0 fully saturated rings. The van der Waals surface area contributed by atoms with Crippen molar-refractivity contribution in [3.05, 3.63) is 60.8 Å². The van der Waals surface area contributed by atoms with E-state index < -0.39 is 12.1 Å². The van der Waals surface area contributed by atoms with E-state index in [1.54, 1.807) is 6.08 Å². The first-order valence-electron chi connectivity index (χ1n) is 25.1. The van der Waals surface area contributed by atoms with Gasteiger partial charge in [-0.05, 0) is 83.5 Å². The van der Waals surface area contributed by atoms with Crippen LogP contribution in [0.3, 0.4) is 0 Å². The van der Waals surface area contributed by atoms with Crippen LogP contribution in [-0.2, 0) is 14.3 Å². The Labute approximate surface area is 365 Å². The van der Waals surface area contributed by atoms with Gasteiger partial charge in [0.1, 0.15) is 0 Å². The normalized spacial score (nSPS) is 13.2. The molecule has 6 nitrogen and oxygen atoms in total. The van der Waals surface area contributed by atoms with Crippen molar-refractivity contribution in [1.82, 2.24) is 5.32 Å². The van der Waals surface area contributed by atoms with Crippen LogP contribution in [0.2, 0.25) is 0 Å². The van der Waals surface area contributed by atoms with E-state index >= 15 is 0 Å². The van der Waals surface area contributed by atoms with E-state index in [0.29, 0.717) is 25.9 Å². The topological polar surface area (TPSA) is 95.9 Å². The molecular weight excluding hydrogens is 731 g/mol. The molecule has 59 heavy (non-hydrogen) atoms. The summed E-state index contributed by atoms with van der Waals surface area (Å²) in [5.41, 5.74) is 0. The number of hydrogen-bond donors (Lipinski definition) is 3. The van der Waals surface area contributed by atoms with E-state index in [2.05, 4.69) is 61.7 Å². The third-order valence-electron chi connectivity index (χ3n) is 11.0. The van der Waals surface area contributed by atoms with Gasteiger partial charge >= 0.3 is 5.97 Å². The Bertz CT molecular complexity index is 1050. The minimum absolute atomic E-state index is 0.0333. The molecule has 0 spiro atoms. The van der Waals surface area contributed by atoms with Crippen molar-refractivity contribution in [3.8, 4) is 0 Å². The van der Waals surface area contributed by atoms with Gasteiger partial charge in [0.25, 0.3) is 0 Å². The van der Waals surface area contributed by atoms with Crippen LogP contribution in [0.1, 0.15) is 239 Å². The molecule has 0 aliphatic rings. The predicted octanol–water partition coefficient (Wildman–Crippen LogP) is 14.8. The average molecular weight is 826 g/mol. The fraction of sp³-hybridized carbons (Fsp3) is 0.774. The highest BCUT2D eigenvalue weighted by molar-refractivity contribution is 5.76. The number of rotatable bonds is 45. The van der Waals surface area contributed by atoms with E-state index in [1.165, 1.54) is 141 Å². The first-order valence-corrected chi connectivity index (χ1v) is 25.1. The molecule has 6 heteroatoms. The third-order valence-corrected chi connectivity index (χ3v) is 11.0. The van der Waals surface area contributed by atoms with Crippen molar-refractivity contribution < 1.29 is 24.5 Å². The molecule has 0 aromatic rings. The largest absolute Gasteiger partial charge is 0.466 e. The molecule has 0 aromatic carbocycles. The van der Waals surface area contributed by atoms with E-state index in [-0.39, 0.29) is 18.5 Å². The molecule has 342 valence electrons. The van der Waals surface area contributed by atoms with Gasteiger partial charge in [-0.25, -0.2) is 0 Å². The molecule has 0 bridgehead atoms. The molecule has 2 unspecified atom stereocenters. The summed E-state index contributed by atoms with van der Waals surface area (Å²) >= 11 is 0. The number of nitrogens with one attached hydrogen (secondary N) is 1. The summed E-state index contributed by atoms with van der Waals surface area (Å²) in [6, 6.07) is -0.673. The maximum absolute atomic E-state index is 12.4. The van der Waals surface area contributed by atoms with Crippen LogP contribution in [-0.4, -0.2) is 47.4 Å². The van der Waals surface area contributed by atoms with Crippen LogP contribution in [0.15, 0.2) is 60.8 Å². The van der Waals surface area contributed by atoms with Crippen LogP contribution in [0, 0.1) is 0 Å². The highest BCUT2D eigenvalue weighted by atomic mass is 16.5. The highest BCUT2D eigenvalue weighted by Crippen LogP contribution is 2.14. The molecule has 0 rings (SSSR count). The Kier molecular flexibility index (Phi) is 46.2. The Morgan fingerprint density at radius 3 is 1.34 bits per heavy atom. The van der Waals surface area contributed by atoms with Gasteiger partial charge in [-0.15, -0.1) is 0 Å². The number of amides is 1. The lowest BCUT2D eigenvalue weighted by atomic mass is 10.0. The highest BCUT2D eigenvalue weighted by Gasteiger charge is 2.17. The zero-order chi connectivity index (χ0) is 43.0. The number of hydrogen-bond acceptors (Lipinski definition) is 5. The Morgan fingerprint density at radius 1 is 0.475 bits per heavy atom. The van der Waals surface area contributed by atoms with Crippen molar-refractivity contribution in [2.75, 3.05) is 13.2 Å². The van der Waals surface area contributed by atoms with Crippen molar-refractivity contribution >= 4 is 11.9 Å². The van der Waals surface area contributed by atoms with Gasteiger partial charge in [-0.1, -0.05) is 203 Å². The van der Waals surface area contributed by atoms with Crippen molar-refractivity contribution in [2.45, 2.75) is 251 Å². The molecule has 2 atom stereocenters. The molecule has 0 heterocycles. The summed E-state index contributed by atoms with van der Waals surface area (Å²) in [6.07, 6.45) is 60.8. The number of allylic oxidation sites excluding steroid dienone is 9. The second-order valence-electron chi connectivity index (χ2n) is 16.8. The van der Waals surface area contributed by atoms with Crippen molar-refractivity contribution in [3.63, 3.8) is 0 Å². The SMILES string of the molecule is CCCCCC/C=C\C/C=C\CCCCCCCC(=O)OCCCCCCCC/C=C\C/C=C\CCC(=O)NC(CO)C(O)/C=C/CCCCCCCCCCCCC. The fourth-order valence-electron chi connectivity index (χ4n) is 7.12. The molecule has 0 saturated carbocycles. The summed E-state index contributed by atoms with van der Waals surface area (Å²) in [5.74, 6) is -0.185. The van der Waals surface area contributed by atoms with Gasteiger partial charge in [0.2, 0.25) is 5.91 Å². The zero-order valence-corrected chi connectivity index (χ0v) is 38.7. The minimum atomic E-state index is -0.880. The molecular formula is C53H95NO5. The minimum Gasteiger partial charge on any atom is -0.466 e. The van der Waals surface area contributed by atoms with Gasteiger partial charge in [-0.3, -0.25) is 9.59 Å². The van der Waals surface area contributed by atoms with Crippen LogP contribution in [0.4, 0.5) is 0 Å². The van der Waals surface area contributed by atoms with Gasteiger partial charge in [-0.2, -0.15) is 0 Å². The fourth-order valence-corrected chi connectivity index (χ4v) is 7.12. The maximum atomic E-state index is 12.4. The Morgan fingerprint density at radius 2 is 0.864 bits per heavy atom. The number of carbonyl (C=O) groups is 2. The molecule has 0 aliphatic heterocycles. The van der Waals surface area contributed by atoms with Gasteiger partial charge in [0.05, 0.1) is 25.4 Å². The van der Waals surface area contributed by atoms with Gasteiger partial charge in [0.15, 0.2) is 0 Å². The Balaban J connectivity index is 3.60. The van der Waals surface area contributed by atoms with E-state index in [4.69, 9.17) is 4.74 Å². The quantitative estimate of drug-likeness (QED) is 0.0323. The number of aliphatic hydroxyl groups is 2.